The first-order chi connectivity index (χ1) is 11.6. The zero-order valence-electron chi connectivity index (χ0n) is 14.2. The molecule has 2 aliphatic rings. The SMILES string of the molecule is NC(=O)C1CCN(C(=O)C2CCCN(Cc3ccccc3)C2)CC1. The Morgan fingerprint density at radius 1 is 1.00 bits per heavy atom. The van der Waals surface area contributed by atoms with Crippen LogP contribution in [-0.4, -0.2) is 47.8 Å². The molecular weight excluding hydrogens is 302 g/mol. The highest BCUT2D eigenvalue weighted by Crippen LogP contribution is 2.24. The lowest BCUT2D eigenvalue weighted by Crippen LogP contribution is -2.48. The zero-order valence-corrected chi connectivity index (χ0v) is 14.2. The average Bonchev–Trinajstić information content (AvgIpc) is 2.62. The van der Waals surface area contributed by atoms with Crippen molar-refractivity contribution < 1.29 is 9.59 Å². The third-order valence-corrected chi connectivity index (χ3v) is 5.31. The largest absolute Gasteiger partial charge is 0.369 e. The molecule has 0 aromatic heterocycles. The van der Waals surface area contributed by atoms with Crippen LogP contribution in [0.15, 0.2) is 30.3 Å². The van der Waals surface area contributed by atoms with Gasteiger partial charge in [-0.1, -0.05) is 30.3 Å². The molecule has 2 amide bonds. The summed E-state index contributed by atoms with van der Waals surface area (Å²) in [7, 11) is 0. The van der Waals surface area contributed by atoms with Crippen molar-refractivity contribution >= 4 is 11.8 Å². The summed E-state index contributed by atoms with van der Waals surface area (Å²) < 4.78 is 0. The first-order valence-electron chi connectivity index (χ1n) is 8.98. The van der Waals surface area contributed by atoms with Gasteiger partial charge in [-0.15, -0.1) is 0 Å². The molecule has 0 saturated carbocycles. The van der Waals surface area contributed by atoms with E-state index in [1.165, 1.54) is 5.56 Å². The molecule has 2 N–H and O–H groups in total. The number of benzene rings is 1. The Labute approximate surface area is 143 Å². The van der Waals surface area contributed by atoms with Crippen molar-refractivity contribution in [2.45, 2.75) is 32.2 Å². The van der Waals surface area contributed by atoms with Crippen LogP contribution in [0.5, 0.6) is 0 Å². The highest BCUT2D eigenvalue weighted by atomic mass is 16.2. The highest BCUT2D eigenvalue weighted by Gasteiger charge is 2.32. The molecule has 1 aromatic carbocycles. The fourth-order valence-electron chi connectivity index (χ4n) is 3.88. The molecule has 2 fully saturated rings. The van der Waals surface area contributed by atoms with Crippen molar-refractivity contribution in [2.24, 2.45) is 17.6 Å². The molecular formula is C19H27N3O2. The Hall–Kier alpha value is -1.88. The number of likely N-dealkylation sites (tertiary alicyclic amines) is 2. The molecule has 0 radical (unpaired) electrons. The summed E-state index contributed by atoms with van der Waals surface area (Å²) in [6.07, 6.45) is 3.46. The maximum atomic E-state index is 12.8. The van der Waals surface area contributed by atoms with Crippen molar-refractivity contribution in [3.63, 3.8) is 0 Å². The van der Waals surface area contributed by atoms with E-state index in [9.17, 15) is 9.59 Å². The third kappa shape index (κ3) is 4.15. The highest BCUT2D eigenvalue weighted by molar-refractivity contribution is 5.80. The fourth-order valence-corrected chi connectivity index (χ4v) is 3.88. The van der Waals surface area contributed by atoms with E-state index in [0.717, 1.165) is 32.5 Å². The van der Waals surface area contributed by atoms with Crippen molar-refractivity contribution in [3.05, 3.63) is 35.9 Å². The van der Waals surface area contributed by atoms with Gasteiger partial charge >= 0.3 is 0 Å². The molecule has 1 atom stereocenters. The van der Waals surface area contributed by atoms with Gasteiger partial charge in [-0.2, -0.15) is 0 Å². The van der Waals surface area contributed by atoms with Gasteiger partial charge in [0.05, 0.1) is 5.92 Å². The van der Waals surface area contributed by atoms with E-state index in [0.29, 0.717) is 25.9 Å². The number of piperidine rings is 2. The fraction of sp³-hybridized carbons (Fsp3) is 0.579. The van der Waals surface area contributed by atoms with Crippen LogP contribution in [-0.2, 0) is 16.1 Å². The van der Waals surface area contributed by atoms with Gasteiger partial charge in [0, 0.05) is 32.1 Å². The molecule has 24 heavy (non-hydrogen) atoms. The lowest BCUT2D eigenvalue weighted by Gasteiger charge is -2.37. The van der Waals surface area contributed by atoms with Gasteiger partial charge in [-0.3, -0.25) is 14.5 Å². The van der Waals surface area contributed by atoms with E-state index < -0.39 is 0 Å². The summed E-state index contributed by atoms with van der Waals surface area (Å²) >= 11 is 0. The molecule has 5 heteroatoms. The van der Waals surface area contributed by atoms with Crippen molar-refractivity contribution in [2.75, 3.05) is 26.2 Å². The van der Waals surface area contributed by atoms with Crippen molar-refractivity contribution in [3.8, 4) is 0 Å². The third-order valence-electron chi connectivity index (χ3n) is 5.31. The number of nitrogens with two attached hydrogens (primary N) is 1. The van der Waals surface area contributed by atoms with Crippen LogP contribution >= 0.6 is 0 Å². The number of hydrogen-bond donors (Lipinski definition) is 1. The number of primary amides is 1. The molecule has 2 aliphatic heterocycles. The predicted molar refractivity (Wildman–Crippen MR) is 92.9 cm³/mol. The van der Waals surface area contributed by atoms with E-state index in [1.807, 2.05) is 11.0 Å². The summed E-state index contributed by atoms with van der Waals surface area (Å²) in [5, 5.41) is 0. The Bertz CT molecular complexity index is 567. The first-order valence-corrected chi connectivity index (χ1v) is 8.98. The minimum atomic E-state index is -0.228. The Morgan fingerprint density at radius 3 is 2.38 bits per heavy atom. The van der Waals surface area contributed by atoms with Crippen LogP contribution in [0.2, 0.25) is 0 Å². The molecule has 0 spiro atoms. The van der Waals surface area contributed by atoms with Gasteiger partial charge in [0.25, 0.3) is 0 Å². The number of hydrogen-bond acceptors (Lipinski definition) is 3. The van der Waals surface area contributed by atoms with E-state index in [4.69, 9.17) is 5.73 Å². The minimum absolute atomic E-state index is 0.0602. The second-order valence-corrected chi connectivity index (χ2v) is 7.06. The number of carbonyl (C=O) groups excluding carboxylic acids is 2. The van der Waals surface area contributed by atoms with Gasteiger partial charge in [-0.25, -0.2) is 0 Å². The smallest absolute Gasteiger partial charge is 0.226 e. The molecule has 1 unspecified atom stereocenters. The number of nitrogens with zero attached hydrogens (tertiary/aromatic N) is 2. The number of rotatable bonds is 4. The predicted octanol–water partition coefficient (Wildman–Crippen LogP) is 1.62. The quantitative estimate of drug-likeness (QED) is 0.913. The number of carbonyl (C=O) groups is 2. The molecule has 130 valence electrons. The van der Waals surface area contributed by atoms with Gasteiger partial charge in [-0.05, 0) is 37.8 Å². The summed E-state index contributed by atoms with van der Waals surface area (Å²) in [6, 6.07) is 10.4. The Balaban J connectivity index is 1.53. The normalized spacial score (nSPS) is 23.2. The van der Waals surface area contributed by atoms with E-state index in [-0.39, 0.29) is 23.7 Å². The molecule has 3 rings (SSSR count). The van der Waals surface area contributed by atoms with Crippen LogP contribution in [0.3, 0.4) is 0 Å². The second-order valence-electron chi connectivity index (χ2n) is 7.06. The van der Waals surface area contributed by atoms with Crippen LogP contribution in [0.1, 0.15) is 31.2 Å². The zero-order chi connectivity index (χ0) is 16.9. The summed E-state index contributed by atoms with van der Waals surface area (Å²) in [5.74, 6) is 0.0621. The van der Waals surface area contributed by atoms with Crippen LogP contribution in [0.25, 0.3) is 0 Å². The van der Waals surface area contributed by atoms with E-state index >= 15 is 0 Å². The Morgan fingerprint density at radius 2 is 1.71 bits per heavy atom. The monoisotopic (exact) mass is 329 g/mol. The van der Waals surface area contributed by atoms with Gasteiger partial charge in [0.2, 0.25) is 11.8 Å². The van der Waals surface area contributed by atoms with Crippen molar-refractivity contribution in [1.29, 1.82) is 0 Å². The maximum absolute atomic E-state index is 12.8. The van der Waals surface area contributed by atoms with Crippen LogP contribution in [0, 0.1) is 11.8 Å². The minimum Gasteiger partial charge on any atom is -0.369 e. The lowest BCUT2D eigenvalue weighted by molar-refractivity contribution is -0.140. The van der Waals surface area contributed by atoms with Crippen LogP contribution < -0.4 is 5.73 Å². The van der Waals surface area contributed by atoms with Gasteiger partial charge in [0.1, 0.15) is 0 Å². The number of amides is 2. The molecule has 0 bridgehead atoms. The molecule has 2 heterocycles. The van der Waals surface area contributed by atoms with Crippen molar-refractivity contribution in [1.82, 2.24) is 9.80 Å². The molecule has 1 aromatic rings. The standard InChI is InChI=1S/C19H27N3O2/c20-18(23)16-8-11-22(12-9-16)19(24)17-7-4-10-21(14-17)13-15-5-2-1-3-6-15/h1-3,5-6,16-17H,4,7-14H2,(H2,20,23). The lowest BCUT2D eigenvalue weighted by atomic mass is 9.92. The molecule has 5 nitrogen and oxygen atoms in total. The summed E-state index contributed by atoms with van der Waals surface area (Å²) in [5.41, 5.74) is 6.67. The van der Waals surface area contributed by atoms with E-state index in [1.54, 1.807) is 0 Å². The van der Waals surface area contributed by atoms with Crippen LogP contribution in [0.4, 0.5) is 0 Å². The summed E-state index contributed by atoms with van der Waals surface area (Å²) in [6.45, 7) is 4.14. The maximum Gasteiger partial charge on any atom is 0.226 e. The van der Waals surface area contributed by atoms with E-state index in [2.05, 4.69) is 29.2 Å². The average molecular weight is 329 g/mol. The second kappa shape index (κ2) is 7.79. The topological polar surface area (TPSA) is 66.6 Å². The molecule has 0 aliphatic carbocycles. The van der Waals surface area contributed by atoms with Gasteiger partial charge in [0.15, 0.2) is 0 Å². The Kier molecular flexibility index (Phi) is 5.51. The first kappa shape index (κ1) is 17.0. The van der Waals surface area contributed by atoms with Gasteiger partial charge < -0.3 is 10.6 Å². The summed E-state index contributed by atoms with van der Waals surface area (Å²) in [4.78, 5) is 28.4. The molecule has 2 saturated heterocycles.